The van der Waals surface area contributed by atoms with Gasteiger partial charge in [0, 0.05) is 0 Å². The number of aliphatic hydroxyl groups excluding tert-OH is 4. The SMILES string of the molecule is N[C@H]1[C@H](O)[C@H]([C@H](O)CO)O[C@@H]1O. The van der Waals surface area contributed by atoms with Crippen molar-refractivity contribution in [3.8, 4) is 0 Å². The zero-order valence-corrected chi connectivity index (χ0v) is 6.37. The van der Waals surface area contributed by atoms with Crippen LogP contribution in [0.25, 0.3) is 0 Å². The Balaban J connectivity index is 2.58. The highest BCUT2D eigenvalue weighted by Gasteiger charge is 2.43. The molecule has 6 nitrogen and oxygen atoms in total. The Bertz CT molecular complexity index is 155. The molecule has 1 fully saturated rings. The number of hydrogen-bond acceptors (Lipinski definition) is 6. The molecule has 0 spiro atoms. The molecule has 6 N–H and O–H groups in total. The van der Waals surface area contributed by atoms with E-state index in [2.05, 4.69) is 0 Å². The Kier molecular flexibility index (Phi) is 2.99. The van der Waals surface area contributed by atoms with Gasteiger partial charge in [-0.3, -0.25) is 0 Å². The molecule has 0 aliphatic carbocycles. The molecule has 1 heterocycles. The molecule has 0 aromatic rings. The maximum Gasteiger partial charge on any atom is 0.173 e. The standard InChI is InChI=1S/C6H13NO5/c7-3-4(10)5(2(9)1-8)12-6(3)11/h2-6,8-11H,1,7H2/t2-,3+,4+,5+,6+/m1/s1. The third-order valence-corrected chi connectivity index (χ3v) is 1.92. The number of aliphatic hydroxyl groups is 4. The normalized spacial score (nSPS) is 44.8. The van der Waals surface area contributed by atoms with Crippen molar-refractivity contribution in [1.29, 1.82) is 0 Å². The van der Waals surface area contributed by atoms with Crippen LogP contribution in [0.3, 0.4) is 0 Å². The Hall–Kier alpha value is -0.240. The van der Waals surface area contributed by atoms with Gasteiger partial charge in [-0.05, 0) is 0 Å². The maximum absolute atomic E-state index is 9.25. The molecule has 1 rings (SSSR count). The summed E-state index contributed by atoms with van der Waals surface area (Å²) in [4.78, 5) is 0. The molecule has 0 aromatic heterocycles. The van der Waals surface area contributed by atoms with Crippen molar-refractivity contribution in [1.82, 2.24) is 0 Å². The van der Waals surface area contributed by atoms with E-state index in [1.165, 1.54) is 0 Å². The zero-order chi connectivity index (χ0) is 9.30. The van der Waals surface area contributed by atoms with Gasteiger partial charge in [0.05, 0.1) is 12.6 Å². The van der Waals surface area contributed by atoms with Crippen LogP contribution in [0.2, 0.25) is 0 Å². The van der Waals surface area contributed by atoms with Gasteiger partial charge in [-0.15, -0.1) is 0 Å². The molecule has 5 atom stereocenters. The van der Waals surface area contributed by atoms with Crippen molar-refractivity contribution >= 4 is 0 Å². The molecule has 1 saturated heterocycles. The first-order valence-electron chi connectivity index (χ1n) is 3.64. The van der Waals surface area contributed by atoms with Crippen molar-refractivity contribution in [2.24, 2.45) is 5.73 Å². The first-order chi connectivity index (χ1) is 5.57. The minimum atomic E-state index is -1.29. The molecule has 1 aliphatic rings. The predicted octanol–water partition coefficient (Wildman–Crippen LogP) is -3.26. The number of rotatable bonds is 2. The molecule has 72 valence electrons. The minimum Gasteiger partial charge on any atom is -0.394 e. The molecule has 12 heavy (non-hydrogen) atoms. The molecule has 0 radical (unpaired) electrons. The third-order valence-electron chi connectivity index (χ3n) is 1.92. The average molecular weight is 179 g/mol. The summed E-state index contributed by atoms with van der Waals surface area (Å²) in [6, 6.07) is -0.934. The summed E-state index contributed by atoms with van der Waals surface area (Å²) in [7, 11) is 0. The summed E-state index contributed by atoms with van der Waals surface area (Å²) < 4.78 is 4.71. The highest BCUT2D eigenvalue weighted by atomic mass is 16.6. The van der Waals surface area contributed by atoms with Gasteiger partial charge in [-0.25, -0.2) is 0 Å². The lowest BCUT2D eigenvalue weighted by atomic mass is 10.1. The summed E-state index contributed by atoms with van der Waals surface area (Å²) >= 11 is 0. The molecule has 0 aromatic carbocycles. The predicted molar refractivity (Wildman–Crippen MR) is 38.0 cm³/mol. The smallest absolute Gasteiger partial charge is 0.173 e. The number of hydrogen-bond donors (Lipinski definition) is 5. The lowest BCUT2D eigenvalue weighted by Gasteiger charge is -2.18. The lowest BCUT2D eigenvalue weighted by molar-refractivity contribution is -0.138. The fourth-order valence-corrected chi connectivity index (χ4v) is 1.14. The van der Waals surface area contributed by atoms with Crippen molar-refractivity contribution in [3.63, 3.8) is 0 Å². The van der Waals surface area contributed by atoms with Gasteiger partial charge >= 0.3 is 0 Å². The Morgan fingerprint density at radius 3 is 2.33 bits per heavy atom. The van der Waals surface area contributed by atoms with Gasteiger partial charge in [0.1, 0.15) is 18.3 Å². The van der Waals surface area contributed by atoms with Crippen LogP contribution >= 0.6 is 0 Å². The molecular weight excluding hydrogens is 166 g/mol. The van der Waals surface area contributed by atoms with Gasteiger partial charge in [-0.2, -0.15) is 0 Å². The van der Waals surface area contributed by atoms with Gasteiger partial charge in [-0.1, -0.05) is 0 Å². The van der Waals surface area contributed by atoms with Crippen LogP contribution in [0.5, 0.6) is 0 Å². The first-order valence-corrected chi connectivity index (χ1v) is 3.64. The summed E-state index contributed by atoms with van der Waals surface area (Å²) in [5, 5.41) is 35.8. The van der Waals surface area contributed by atoms with Gasteiger partial charge in [0.15, 0.2) is 6.29 Å². The number of ether oxygens (including phenoxy) is 1. The quantitative estimate of drug-likeness (QED) is 0.304. The summed E-state index contributed by atoms with van der Waals surface area (Å²) in [5.41, 5.74) is 5.29. The van der Waals surface area contributed by atoms with Crippen LogP contribution in [0.4, 0.5) is 0 Å². The second-order valence-corrected chi connectivity index (χ2v) is 2.81. The largest absolute Gasteiger partial charge is 0.394 e. The van der Waals surface area contributed by atoms with E-state index in [0.717, 1.165) is 0 Å². The number of nitrogens with two attached hydrogens (primary N) is 1. The van der Waals surface area contributed by atoms with E-state index in [0.29, 0.717) is 0 Å². The molecular formula is C6H13NO5. The highest BCUT2D eigenvalue weighted by molar-refractivity contribution is 4.92. The first kappa shape index (κ1) is 9.85. The van der Waals surface area contributed by atoms with Crippen molar-refractivity contribution in [2.75, 3.05) is 6.61 Å². The van der Waals surface area contributed by atoms with Gasteiger partial charge < -0.3 is 30.9 Å². The Morgan fingerprint density at radius 2 is 2.00 bits per heavy atom. The second kappa shape index (κ2) is 3.65. The topological polar surface area (TPSA) is 116 Å². The van der Waals surface area contributed by atoms with E-state index in [-0.39, 0.29) is 0 Å². The summed E-state index contributed by atoms with van der Waals surface area (Å²) in [6.45, 7) is -0.541. The van der Waals surface area contributed by atoms with Crippen LogP contribution in [-0.4, -0.2) is 57.7 Å². The van der Waals surface area contributed by atoms with Crippen LogP contribution < -0.4 is 5.73 Å². The van der Waals surface area contributed by atoms with Crippen molar-refractivity contribution < 1.29 is 25.2 Å². The van der Waals surface area contributed by atoms with Crippen molar-refractivity contribution in [3.05, 3.63) is 0 Å². The van der Waals surface area contributed by atoms with Gasteiger partial charge in [0.25, 0.3) is 0 Å². The maximum atomic E-state index is 9.25. The molecule has 0 unspecified atom stereocenters. The summed E-state index contributed by atoms with van der Waals surface area (Å²) in [6.07, 6.45) is -4.67. The molecule has 6 heteroatoms. The minimum absolute atomic E-state index is 0.541. The van der Waals surface area contributed by atoms with Crippen molar-refractivity contribution in [2.45, 2.75) is 30.6 Å². The third kappa shape index (κ3) is 1.58. The fraction of sp³-hybridized carbons (Fsp3) is 1.00. The fourth-order valence-electron chi connectivity index (χ4n) is 1.14. The molecule has 0 amide bonds. The van der Waals surface area contributed by atoms with Crippen LogP contribution in [0, 0.1) is 0 Å². The molecule has 1 aliphatic heterocycles. The molecule has 0 bridgehead atoms. The second-order valence-electron chi connectivity index (χ2n) is 2.81. The Labute approximate surface area is 69.2 Å². The summed E-state index contributed by atoms with van der Waals surface area (Å²) in [5.74, 6) is 0. The Morgan fingerprint density at radius 1 is 1.42 bits per heavy atom. The van der Waals surface area contributed by atoms with Crippen LogP contribution in [0.15, 0.2) is 0 Å². The average Bonchev–Trinajstić information content (AvgIpc) is 2.32. The highest BCUT2D eigenvalue weighted by Crippen LogP contribution is 2.20. The van der Waals surface area contributed by atoms with Crippen LogP contribution in [0.1, 0.15) is 0 Å². The van der Waals surface area contributed by atoms with Crippen LogP contribution in [-0.2, 0) is 4.74 Å². The van der Waals surface area contributed by atoms with E-state index in [9.17, 15) is 5.11 Å². The van der Waals surface area contributed by atoms with E-state index >= 15 is 0 Å². The lowest BCUT2D eigenvalue weighted by Crippen LogP contribution is -2.44. The van der Waals surface area contributed by atoms with E-state index in [1.54, 1.807) is 0 Å². The molecule has 0 saturated carbocycles. The van der Waals surface area contributed by atoms with E-state index in [1.807, 2.05) is 0 Å². The van der Waals surface area contributed by atoms with E-state index < -0.39 is 37.3 Å². The zero-order valence-electron chi connectivity index (χ0n) is 6.37. The van der Waals surface area contributed by atoms with E-state index in [4.69, 9.17) is 25.8 Å². The van der Waals surface area contributed by atoms with Gasteiger partial charge in [0.2, 0.25) is 0 Å². The monoisotopic (exact) mass is 179 g/mol.